The lowest BCUT2D eigenvalue weighted by molar-refractivity contribution is -0.151. The van der Waals surface area contributed by atoms with Crippen LogP contribution >= 0.6 is 0 Å². The normalized spacial score (nSPS) is 11.8. The van der Waals surface area contributed by atoms with Crippen molar-refractivity contribution in [3.05, 3.63) is 0 Å². The van der Waals surface area contributed by atoms with Crippen LogP contribution in [-0.2, 0) is 33.7 Å². The van der Waals surface area contributed by atoms with Crippen LogP contribution in [0, 0.1) is 0 Å². The molecule has 0 aliphatic rings. The van der Waals surface area contributed by atoms with Crippen molar-refractivity contribution in [1.82, 2.24) is 0 Å². The molecule has 0 rings (SSSR count). The van der Waals surface area contributed by atoms with Gasteiger partial charge in [0.05, 0.1) is 13.0 Å². The highest BCUT2D eigenvalue weighted by molar-refractivity contribution is 7.92. The van der Waals surface area contributed by atoms with E-state index in [0.29, 0.717) is 0 Å². The van der Waals surface area contributed by atoms with Crippen LogP contribution in [-0.4, -0.2) is 49.9 Å². The predicted octanol–water partition coefficient (Wildman–Crippen LogP) is 0.655. The molecular weight excluding hydrogens is 300 g/mol. The molecule has 0 spiro atoms. The number of hydrogen-bond acceptors (Lipinski definition) is 7. The zero-order chi connectivity index (χ0) is 16.7. The van der Waals surface area contributed by atoms with Crippen LogP contribution in [0.3, 0.4) is 0 Å². The Hall–Kier alpha value is -1.44. The summed E-state index contributed by atoms with van der Waals surface area (Å²) in [5, 5.41) is 0. The van der Waals surface area contributed by atoms with Gasteiger partial charge in [-0.25, -0.2) is 8.42 Å². The van der Waals surface area contributed by atoms with Gasteiger partial charge in [0.25, 0.3) is 0 Å². The van der Waals surface area contributed by atoms with E-state index in [1.54, 1.807) is 27.7 Å². The van der Waals surface area contributed by atoms with E-state index < -0.39 is 44.7 Å². The maximum atomic E-state index is 11.7. The fourth-order valence-corrected chi connectivity index (χ4v) is 2.55. The van der Waals surface area contributed by atoms with E-state index in [-0.39, 0.29) is 19.4 Å². The number of hydrogen-bond donors (Lipinski definition) is 0. The highest BCUT2D eigenvalue weighted by atomic mass is 32.2. The minimum Gasteiger partial charge on any atom is -0.466 e. The molecule has 0 heterocycles. The third kappa shape index (κ3) is 10.9. The summed E-state index contributed by atoms with van der Waals surface area (Å²) in [6.45, 7) is 6.67. The molecular formula is C13H22O7S. The van der Waals surface area contributed by atoms with Gasteiger partial charge in [-0.1, -0.05) is 0 Å². The molecule has 0 unspecified atom stereocenters. The molecule has 8 heteroatoms. The van der Waals surface area contributed by atoms with Crippen LogP contribution in [0.1, 0.15) is 40.5 Å². The van der Waals surface area contributed by atoms with E-state index in [1.807, 2.05) is 0 Å². The highest BCUT2D eigenvalue weighted by Gasteiger charge is 2.25. The number of ketones is 1. The Morgan fingerprint density at radius 3 is 2.00 bits per heavy atom. The molecule has 0 aliphatic carbocycles. The van der Waals surface area contributed by atoms with Crippen LogP contribution in [0.2, 0.25) is 0 Å². The van der Waals surface area contributed by atoms with Gasteiger partial charge < -0.3 is 9.47 Å². The number of carbonyl (C=O) groups is 3. The van der Waals surface area contributed by atoms with Gasteiger partial charge in [-0.05, 0) is 27.7 Å². The van der Waals surface area contributed by atoms with E-state index in [0.717, 1.165) is 0 Å². The van der Waals surface area contributed by atoms with Crippen molar-refractivity contribution in [3.63, 3.8) is 0 Å². The van der Waals surface area contributed by atoms with Crippen molar-refractivity contribution >= 4 is 27.6 Å². The van der Waals surface area contributed by atoms with Crippen LogP contribution in [0.5, 0.6) is 0 Å². The number of esters is 2. The molecule has 0 aromatic carbocycles. The number of Topliss-reactive ketones (excluding diaryl/α,β-unsaturated/α-hetero) is 1. The fraction of sp³-hybridized carbons (Fsp3) is 0.769. The summed E-state index contributed by atoms with van der Waals surface area (Å²) in [5.74, 6) is -3.73. The second-order valence-electron chi connectivity index (χ2n) is 5.46. The third-order valence-corrected chi connectivity index (χ3v) is 3.49. The third-order valence-electron chi connectivity index (χ3n) is 2.05. The Morgan fingerprint density at radius 2 is 1.52 bits per heavy atom. The van der Waals surface area contributed by atoms with E-state index >= 15 is 0 Å². The van der Waals surface area contributed by atoms with Crippen molar-refractivity contribution in [3.8, 4) is 0 Å². The Bertz CT molecular complexity index is 485. The van der Waals surface area contributed by atoms with Gasteiger partial charge in [-0.3, -0.25) is 14.4 Å². The lowest BCUT2D eigenvalue weighted by Crippen LogP contribution is -2.30. The van der Waals surface area contributed by atoms with Crippen LogP contribution in [0.25, 0.3) is 0 Å². The SMILES string of the molecule is CCOC(=O)CCC(=O)CS(=O)(=O)CC(=O)OC(C)(C)C. The lowest BCUT2D eigenvalue weighted by atomic mass is 10.2. The first kappa shape index (κ1) is 19.6. The average Bonchev–Trinajstić information content (AvgIpc) is 2.22. The number of carbonyl (C=O) groups excluding carboxylic acids is 3. The molecule has 0 amide bonds. The summed E-state index contributed by atoms with van der Waals surface area (Å²) in [6, 6.07) is 0. The van der Waals surface area contributed by atoms with Gasteiger partial charge in [-0.2, -0.15) is 0 Å². The second kappa shape index (κ2) is 8.11. The molecule has 7 nitrogen and oxygen atoms in total. The first-order chi connectivity index (χ1) is 9.45. The molecule has 0 aromatic heterocycles. The number of rotatable bonds is 8. The van der Waals surface area contributed by atoms with Gasteiger partial charge in [0.2, 0.25) is 0 Å². The lowest BCUT2D eigenvalue weighted by Gasteiger charge is -2.19. The summed E-state index contributed by atoms with van der Waals surface area (Å²) in [5.41, 5.74) is -0.791. The number of sulfone groups is 1. The molecule has 0 aliphatic heterocycles. The van der Waals surface area contributed by atoms with E-state index in [4.69, 9.17) is 4.74 Å². The van der Waals surface area contributed by atoms with E-state index in [2.05, 4.69) is 4.74 Å². The predicted molar refractivity (Wildman–Crippen MR) is 75.4 cm³/mol. The summed E-state index contributed by atoms with van der Waals surface area (Å²) >= 11 is 0. The topological polar surface area (TPSA) is 104 Å². The van der Waals surface area contributed by atoms with Crippen molar-refractivity contribution in [1.29, 1.82) is 0 Å². The largest absolute Gasteiger partial charge is 0.466 e. The molecule has 0 bridgehead atoms. The van der Waals surface area contributed by atoms with E-state index in [9.17, 15) is 22.8 Å². The summed E-state index contributed by atoms with van der Waals surface area (Å²) in [7, 11) is -3.89. The molecule has 0 saturated heterocycles. The van der Waals surface area contributed by atoms with Crippen molar-refractivity contribution < 1.29 is 32.3 Å². The Morgan fingerprint density at radius 1 is 0.952 bits per heavy atom. The zero-order valence-electron chi connectivity index (χ0n) is 12.8. The van der Waals surface area contributed by atoms with E-state index in [1.165, 1.54) is 0 Å². The molecule has 0 radical (unpaired) electrons. The molecule has 0 aromatic rings. The molecule has 0 saturated carbocycles. The Kier molecular flexibility index (Phi) is 7.56. The average molecular weight is 322 g/mol. The smallest absolute Gasteiger partial charge is 0.321 e. The van der Waals surface area contributed by atoms with Crippen molar-refractivity contribution in [2.24, 2.45) is 0 Å². The highest BCUT2D eigenvalue weighted by Crippen LogP contribution is 2.08. The summed E-state index contributed by atoms with van der Waals surface area (Å²) < 4.78 is 32.8. The first-order valence-corrected chi connectivity index (χ1v) is 8.37. The molecule has 0 atom stereocenters. The van der Waals surface area contributed by atoms with Gasteiger partial charge in [0.1, 0.15) is 22.9 Å². The molecule has 21 heavy (non-hydrogen) atoms. The molecule has 0 N–H and O–H groups in total. The van der Waals surface area contributed by atoms with Gasteiger partial charge >= 0.3 is 11.9 Å². The minimum absolute atomic E-state index is 0.172. The minimum atomic E-state index is -3.89. The molecule has 122 valence electrons. The molecule has 0 fully saturated rings. The maximum Gasteiger partial charge on any atom is 0.321 e. The monoisotopic (exact) mass is 322 g/mol. The van der Waals surface area contributed by atoms with Crippen molar-refractivity contribution in [2.75, 3.05) is 18.1 Å². The number of ether oxygens (including phenoxy) is 2. The second-order valence-corrected chi connectivity index (χ2v) is 7.53. The fourth-order valence-electron chi connectivity index (χ4n) is 1.39. The Labute approximate surface area is 124 Å². The first-order valence-electron chi connectivity index (χ1n) is 6.55. The Balaban J connectivity index is 4.32. The van der Waals surface area contributed by atoms with Crippen molar-refractivity contribution in [2.45, 2.75) is 46.1 Å². The van der Waals surface area contributed by atoms with Crippen LogP contribution in [0.15, 0.2) is 0 Å². The van der Waals surface area contributed by atoms with Gasteiger partial charge in [-0.15, -0.1) is 0 Å². The van der Waals surface area contributed by atoms with Gasteiger partial charge in [0, 0.05) is 6.42 Å². The quantitative estimate of drug-likeness (QED) is 0.604. The maximum absolute atomic E-state index is 11.7. The summed E-state index contributed by atoms with van der Waals surface area (Å²) in [4.78, 5) is 34.0. The van der Waals surface area contributed by atoms with Crippen LogP contribution < -0.4 is 0 Å². The summed E-state index contributed by atoms with van der Waals surface area (Å²) in [6.07, 6.45) is -0.402. The zero-order valence-corrected chi connectivity index (χ0v) is 13.6. The standard InChI is InChI=1S/C13H22O7S/c1-5-19-11(15)7-6-10(14)8-21(17,18)9-12(16)20-13(2,3)4/h5-9H2,1-4H3. The van der Waals surface area contributed by atoms with Gasteiger partial charge in [0.15, 0.2) is 9.84 Å². The van der Waals surface area contributed by atoms with Crippen LogP contribution in [0.4, 0.5) is 0 Å².